The number of benzene rings is 3. The number of methoxy groups -OCH3 is 2. The Morgan fingerprint density at radius 1 is 0.861 bits per heavy atom. The zero-order chi connectivity index (χ0) is 25.8. The zero-order valence-corrected chi connectivity index (χ0v) is 19.8. The molecule has 0 unspecified atom stereocenters. The Balaban J connectivity index is 1.48. The quantitative estimate of drug-likeness (QED) is 0.228. The zero-order valence-electron chi connectivity index (χ0n) is 19.8. The number of anilines is 1. The van der Waals surface area contributed by atoms with E-state index >= 15 is 0 Å². The van der Waals surface area contributed by atoms with Gasteiger partial charge in [0.25, 0.3) is 5.91 Å². The van der Waals surface area contributed by atoms with Crippen molar-refractivity contribution < 1.29 is 28.6 Å². The highest BCUT2D eigenvalue weighted by Gasteiger charge is 2.13. The van der Waals surface area contributed by atoms with Crippen LogP contribution in [0.1, 0.15) is 11.1 Å². The first kappa shape index (κ1) is 25.8. The van der Waals surface area contributed by atoms with E-state index in [9.17, 15) is 14.4 Å². The lowest BCUT2D eigenvalue weighted by atomic mass is 10.2. The van der Waals surface area contributed by atoms with Gasteiger partial charge in [-0.3, -0.25) is 14.4 Å². The van der Waals surface area contributed by atoms with Gasteiger partial charge in [0.1, 0.15) is 5.75 Å². The fourth-order valence-corrected chi connectivity index (χ4v) is 2.95. The van der Waals surface area contributed by atoms with Gasteiger partial charge in [-0.2, -0.15) is 5.10 Å². The maximum atomic E-state index is 12.1. The van der Waals surface area contributed by atoms with Gasteiger partial charge < -0.3 is 24.8 Å². The molecule has 3 aromatic rings. The number of carbonyl (C=O) groups is 3. The summed E-state index contributed by atoms with van der Waals surface area (Å²) >= 11 is 0. The molecule has 3 N–H and O–H groups in total. The normalized spacial score (nSPS) is 10.4. The number of nitrogens with one attached hydrogen (secondary N) is 3. The van der Waals surface area contributed by atoms with Crippen molar-refractivity contribution in [2.45, 2.75) is 6.54 Å². The molecule has 3 amide bonds. The minimum atomic E-state index is -0.935. The van der Waals surface area contributed by atoms with Crippen molar-refractivity contribution in [3.05, 3.63) is 83.9 Å². The maximum absolute atomic E-state index is 12.1. The van der Waals surface area contributed by atoms with Crippen LogP contribution in [0.4, 0.5) is 5.69 Å². The number of carbonyl (C=O) groups excluding carboxylic acids is 3. The van der Waals surface area contributed by atoms with Crippen LogP contribution in [-0.2, 0) is 20.9 Å². The molecule has 186 valence electrons. The van der Waals surface area contributed by atoms with Crippen molar-refractivity contribution in [3.63, 3.8) is 0 Å². The van der Waals surface area contributed by atoms with Crippen LogP contribution in [0.15, 0.2) is 77.9 Å². The predicted molar refractivity (Wildman–Crippen MR) is 134 cm³/mol. The Labute approximate surface area is 208 Å². The van der Waals surface area contributed by atoms with E-state index in [2.05, 4.69) is 21.2 Å². The lowest BCUT2D eigenvalue weighted by Gasteiger charge is -2.11. The van der Waals surface area contributed by atoms with Gasteiger partial charge in [-0.15, -0.1) is 0 Å². The van der Waals surface area contributed by atoms with Crippen molar-refractivity contribution >= 4 is 29.6 Å². The molecule has 0 aliphatic rings. The highest BCUT2D eigenvalue weighted by atomic mass is 16.5. The summed E-state index contributed by atoms with van der Waals surface area (Å²) in [6.45, 7) is 0.218. The Morgan fingerprint density at radius 2 is 1.61 bits per heavy atom. The summed E-state index contributed by atoms with van der Waals surface area (Å²) in [7, 11) is 2.99. The van der Waals surface area contributed by atoms with Crippen molar-refractivity contribution in [1.29, 1.82) is 0 Å². The second-order valence-corrected chi connectivity index (χ2v) is 7.34. The van der Waals surface area contributed by atoms with Crippen LogP contribution in [0.2, 0.25) is 0 Å². The van der Waals surface area contributed by atoms with E-state index in [1.807, 2.05) is 30.3 Å². The maximum Gasteiger partial charge on any atom is 0.329 e. The van der Waals surface area contributed by atoms with E-state index in [1.54, 1.807) is 42.5 Å². The van der Waals surface area contributed by atoms with Gasteiger partial charge >= 0.3 is 11.8 Å². The first-order valence-electron chi connectivity index (χ1n) is 10.9. The Hall–Kier alpha value is -4.86. The SMILES string of the molecule is COc1ccc(NC(=O)C(=O)N/N=C\c2ccc(OCC(=O)NCc3ccccc3)c(OC)c2)cc1. The molecule has 0 aromatic heterocycles. The van der Waals surface area contributed by atoms with E-state index in [1.165, 1.54) is 20.4 Å². The number of nitrogens with zero attached hydrogens (tertiary/aromatic N) is 1. The fourth-order valence-electron chi connectivity index (χ4n) is 2.95. The van der Waals surface area contributed by atoms with Gasteiger partial charge in [-0.1, -0.05) is 30.3 Å². The third-order valence-corrected chi connectivity index (χ3v) is 4.81. The van der Waals surface area contributed by atoms with Crippen LogP contribution < -0.4 is 30.3 Å². The second kappa shape index (κ2) is 13.1. The van der Waals surface area contributed by atoms with E-state index in [0.29, 0.717) is 35.0 Å². The fraction of sp³-hybridized carbons (Fsp3) is 0.154. The first-order chi connectivity index (χ1) is 17.5. The third kappa shape index (κ3) is 7.87. The van der Waals surface area contributed by atoms with Crippen molar-refractivity contribution in [2.75, 3.05) is 26.1 Å². The average molecular weight is 491 g/mol. The number of amides is 3. The van der Waals surface area contributed by atoms with Crippen LogP contribution in [0.5, 0.6) is 17.2 Å². The molecule has 10 heteroatoms. The summed E-state index contributed by atoms with van der Waals surface area (Å²) in [6.07, 6.45) is 1.34. The summed E-state index contributed by atoms with van der Waals surface area (Å²) < 4.78 is 15.9. The van der Waals surface area contributed by atoms with E-state index in [4.69, 9.17) is 14.2 Å². The topological polar surface area (TPSA) is 127 Å². The van der Waals surface area contributed by atoms with Crippen molar-refractivity contribution in [2.24, 2.45) is 5.10 Å². The standard InChI is InChI=1S/C26H26N4O6/c1-34-21-11-9-20(10-12-21)29-25(32)26(33)30-28-16-19-8-13-22(23(14-19)35-2)36-17-24(31)27-15-18-6-4-3-5-7-18/h3-14,16H,15,17H2,1-2H3,(H,27,31)(H,29,32)(H,30,33)/b28-16-. The molecule has 3 rings (SSSR count). The molecule has 0 bridgehead atoms. The molecule has 3 aromatic carbocycles. The molecule has 0 aliphatic heterocycles. The van der Waals surface area contributed by atoms with Crippen LogP contribution in [0.25, 0.3) is 0 Å². The molecule has 0 radical (unpaired) electrons. The van der Waals surface area contributed by atoms with Crippen molar-refractivity contribution in [3.8, 4) is 17.2 Å². The van der Waals surface area contributed by atoms with Gasteiger partial charge in [0.15, 0.2) is 18.1 Å². The lowest BCUT2D eigenvalue weighted by molar-refractivity contribution is -0.136. The monoisotopic (exact) mass is 490 g/mol. The van der Waals surface area contributed by atoms with Gasteiger partial charge in [0.05, 0.1) is 20.4 Å². The molecule has 0 saturated heterocycles. The number of ether oxygens (including phenoxy) is 3. The molecule has 36 heavy (non-hydrogen) atoms. The van der Waals surface area contributed by atoms with Crippen LogP contribution >= 0.6 is 0 Å². The molecular weight excluding hydrogens is 464 g/mol. The Morgan fingerprint density at radius 3 is 2.31 bits per heavy atom. The number of rotatable bonds is 10. The van der Waals surface area contributed by atoms with E-state index in [-0.39, 0.29) is 12.5 Å². The van der Waals surface area contributed by atoms with Crippen LogP contribution in [0, 0.1) is 0 Å². The largest absolute Gasteiger partial charge is 0.497 e. The van der Waals surface area contributed by atoms with Gasteiger partial charge in [0.2, 0.25) is 0 Å². The van der Waals surface area contributed by atoms with E-state index < -0.39 is 11.8 Å². The second-order valence-electron chi connectivity index (χ2n) is 7.34. The number of hydrazone groups is 1. The summed E-state index contributed by atoms with van der Waals surface area (Å²) in [6, 6.07) is 21.0. The number of hydrogen-bond donors (Lipinski definition) is 3. The molecule has 0 aliphatic carbocycles. The third-order valence-electron chi connectivity index (χ3n) is 4.81. The molecule has 0 heterocycles. The smallest absolute Gasteiger partial charge is 0.329 e. The average Bonchev–Trinajstić information content (AvgIpc) is 2.91. The highest BCUT2D eigenvalue weighted by molar-refractivity contribution is 6.39. The molecule has 0 spiro atoms. The minimum absolute atomic E-state index is 0.185. The molecule has 0 saturated carbocycles. The Kier molecular flexibility index (Phi) is 9.40. The predicted octanol–water partition coefficient (Wildman–Crippen LogP) is 2.49. The van der Waals surface area contributed by atoms with Gasteiger partial charge in [-0.05, 0) is 53.6 Å². The van der Waals surface area contributed by atoms with Gasteiger partial charge in [0, 0.05) is 12.2 Å². The Bertz CT molecular complexity index is 1210. The summed E-state index contributed by atoms with van der Waals surface area (Å²) in [4.78, 5) is 36.1. The molecular formula is C26H26N4O6. The molecule has 10 nitrogen and oxygen atoms in total. The van der Waals surface area contributed by atoms with Gasteiger partial charge in [-0.25, -0.2) is 5.43 Å². The molecule has 0 fully saturated rings. The van der Waals surface area contributed by atoms with Crippen molar-refractivity contribution in [1.82, 2.24) is 10.7 Å². The highest BCUT2D eigenvalue weighted by Crippen LogP contribution is 2.27. The lowest BCUT2D eigenvalue weighted by Crippen LogP contribution is -2.32. The number of hydrogen-bond acceptors (Lipinski definition) is 7. The van der Waals surface area contributed by atoms with E-state index in [0.717, 1.165) is 5.56 Å². The summed E-state index contributed by atoms with van der Waals surface area (Å²) in [5, 5.41) is 9.04. The first-order valence-corrected chi connectivity index (χ1v) is 10.9. The van der Waals surface area contributed by atoms with Crippen LogP contribution in [0.3, 0.4) is 0 Å². The minimum Gasteiger partial charge on any atom is -0.497 e. The molecule has 0 atom stereocenters. The summed E-state index contributed by atoms with van der Waals surface area (Å²) in [5.41, 5.74) is 4.16. The van der Waals surface area contributed by atoms with Crippen LogP contribution in [-0.4, -0.2) is 44.8 Å². The summed E-state index contributed by atoms with van der Waals surface area (Å²) in [5.74, 6) is -0.715.